The van der Waals surface area contributed by atoms with Crippen molar-refractivity contribution in [3.8, 4) is 5.75 Å². The molecule has 0 aromatic heterocycles. The van der Waals surface area contributed by atoms with Gasteiger partial charge in [0.15, 0.2) is 0 Å². The number of nitrogens with zero attached hydrogens (tertiary/aromatic N) is 2. The summed E-state index contributed by atoms with van der Waals surface area (Å²) in [6, 6.07) is 7.41. The monoisotopic (exact) mass is 363 g/mol. The maximum absolute atomic E-state index is 12.6. The Morgan fingerprint density at radius 1 is 1.35 bits per heavy atom. The third-order valence-electron chi connectivity index (χ3n) is 4.88. The summed E-state index contributed by atoms with van der Waals surface area (Å²) in [7, 11) is 1.84. The molecule has 1 unspecified atom stereocenters. The minimum atomic E-state index is -0.810. The summed E-state index contributed by atoms with van der Waals surface area (Å²) < 4.78 is 5.55. The first-order valence-electron chi connectivity index (χ1n) is 9.11. The number of amides is 1. The number of rotatable bonds is 8. The molecule has 1 saturated heterocycles. The number of carbonyl (C=O) groups is 2. The van der Waals surface area contributed by atoms with Crippen LogP contribution in [0.1, 0.15) is 26.7 Å². The zero-order valence-electron chi connectivity index (χ0n) is 15.8. The van der Waals surface area contributed by atoms with E-state index in [2.05, 4.69) is 10.2 Å². The molecule has 7 heteroatoms. The number of likely N-dealkylation sites (N-methyl/N-ethyl adjacent to an activating group) is 1. The molecule has 1 amide bonds. The van der Waals surface area contributed by atoms with E-state index >= 15 is 0 Å². The van der Waals surface area contributed by atoms with Crippen LogP contribution in [0.25, 0.3) is 0 Å². The van der Waals surface area contributed by atoms with Gasteiger partial charge in [-0.3, -0.25) is 19.4 Å². The Morgan fingerprint density at radius 3 is 2.62 bits per heavy atom. The summed E-state index contributed by atoms with van der Waals surface area (Å²) in [5.74, 6) is -0.199. The van der Waals surface area contributed by atoms with Gasteiger partial charge < -0.3 is 15.2 Å². The predicted molar refractivity (Wildman–Crippen MR) is 101 cm³/mol. The number of piperidine rings is 1. The largest absolute Gasteiger partial charge is 0.492 e. The van der Waals surface area contributed by atoms with Gasteiger partial charge in [0, 0.05) is 19.1 Å². The Balaban J connectivity index is 1.89. The molecule has 0 bridgehead atoms. The van der Waals surface area contributed by atoms with E-state index in [1.807, 2.05) is 50.1 Å². The number of carbonyl (C=O) groups excluding carboxylic acids is 1. The molecule has 1 aliphatic heterocycles. The first-order chi connectivity index (χ1) is 12.4. The molecule has 2 N–H and O–H groups in total. The van der Waals surface area contributed by atoms with Gasteiger partial charge in [-0.25, -0.2) is 0 Å². The molecule has 0 aliphatic carbocycles. The number of carboxylic acid groups (broad SMARTS) is 1. The molecule has 26 heavy (non-hydrogen) atoms. The highest BCUT2D eigenvalue weighted by atomic mass is 16.5. The van der Waals surface area contributed by atoms with E-state index in [4.69, 9.17) is 9.84 Å². The van der Waals surface area contributed by atoms with Gasteiger partial charge in [0.2, 0.25) is 5.91 Å². The van der Waals surface area contributed by atoms with Gasteiger partial charge in [-0.2, -0.15) is 0 Å². The van der Waals surface area contributed by atoms with Crippen molar-refractivity contribution < 1.29 is 19.4 Å². The number of ether oxygens (including phenoxy) is 1. The molecule has 2 rings (SSSR count). The second kappa shape index (κ2) is 9.54. The van der Waals surface area contributed by atoms with Gasteiger partial charge >= 0.3 is 5.97 Å². The van der Waals surface area contributed by atoms with Crippen molar-refractivity contribution in [2.45, 2.75) is 38.8 Å². The second-order valence-electron chi connectivity index (χ2n) is 6.67. The van der Waals surface area contributed by atoms with Crippen molar-refractivity contribution in [3.05, 3.63) is 24.3 Å². The fourth-order valence-corrected chi connectivity index (χ4v) is 3.31. The maximum Gasteiger partial charge on any atom is 0.317 e. The molecule has 1 atom stereocenters. The van der Waals surface area contributed by atoms with Crippen molar-refractivity contribution in [2.24, 2.45) is 0 Å². The summed E-state index contributed by atoms with van der Waals surface area (Å²) in [5.41, 5.74) is 0.683. The SMILES string of the molecule is CCOc1ccccc1NC(=O)C(C)N1CCC(N(C)CC(=O)O)CC1. The molecule has 1 aliphatic rings. The standard InChI is InChI=1S/C19H29N3O4/c1-4-26-17-8-6-5-7-16(17)20-19(25)14(2)22-11-9-15(10-12-22)21(3)13-18(23)24/h5-8,14-15H,4,9-13H2,1-3H3,(H,20,25)(H,23,24). The summed E-state index contributed by atoms with van der Waals surface area (Å²) in [6.07, 6.45) is 1.72. The van der Waals surface area contributed by atoms with Crippen LogP contribution in [-0.2, 0) is 9.59 Å². The number of anilines is 1. The average molecular weight is 363 g/mol. The average Bonchev–Trinajstić information content (AvgIpc) is 2.62. The zero-order valence-corrected chi connectivity index (χ0v) is 15.8. The van der Waals surface area contributed by atoms with Crippen LogP contribution in [0, 0.1) is 0 Å². The molecule has 144 valence electrons. The number of carboxylic acids is 1. The molecule has 1 aromatic carbocycles. The van der Waals surface area contributed by atoms with Crippen molar-refractivity contribution in [1.29, 1.82) is 0 Å². The molecule has 1 fully saturated rings. The lowest BCUT2D eigenvalue weighted by atomic mass is 10.0. The molecule has 0 radical (unpaired) electrons. The van der Waals surface area contributed by atoms with Gasteiger partial charge in [0.05, 0.1) is 24.9 Å². The number of hydrogen-bond acceptors (Lipinski definition) is 5. The summed E-state index contributed by atoms with van der Waals surface area (Å²) in [4.78, 5) is 27.5. The Morgan fingerprint density at radius 2 is 2.00 bits per heavy atom. The zero-order chi connectivity index (χ0) is 19.1. The lowest BCUT2D eigenvalue weighted by Crippen LogP contribution is -2.50. The van der Waals surface area contributed by atoms with Crippen molar-refractivity contribution in [1.82, 2.24) is 9.80 Å². The van der Waals surface area contributed by atoms with E-state index in [1.165, 1.54) is 0 Å². The summed E-state index contributed by atoms with van der Waals surface area (Å²) in [6.45, 7) is 5.95. The normalized spacial score (nSPS) is 17.1. The Bertz CT molecular complexity index is 615. The Hall–Kier alpha value is -2.12. The third kappa shape index (κ3) is 5.44. The molecule has 1 heterocycles. The van der Waals surface area contributed by atoms with Gasteiger partial charge in [0.1, 0.15) is 5.75 Å². The van der Waals surface area contributed by atoms with E-state index < -0.39 is 5.97 Å². The highest BCUT2D eigenvalue weighted by Gasteiger charge is 2.29. The predicted octanol–water partition coefficient (Wildman–Crippen LogP) is 1.89. The van der Waals surface area contributed by atoms with Gasteiger partial charge in [-0.15, -0.1) is 0 Å². The highest BCUT2D eigenvalue weighted by Crippen LogP contribution is 2.24. The van der Waals surface area contributed by atoms with E-state index in [1.54, 1.807) is 0 Å². The van der Waals surface area contributed by atoms with Crippen LogP contribution < -0.4 is 10.1 Å². The molecule has 7 nitrogen and oxygen atoms in total. The molecule has 0 spiro atoms. The third-order valence-corrected chi connectivity index (χ3v) is 4.88. The molecular weight excluding hydrogens is 334 g/mol. The first kappa shape index (κ1) is 20.2. The highest BCUT2D eigenvalue weighted by molar-refractivity contribution is 5.95. The van der Waals surface area contributed by atoms with Crippen LogP contribution >= 0.6 is 0 Å². The van der Waals surface area contributed by atoms with Crippen LogP contribution in [0.4, 0.5) is 5.69 Å². The molecule has 0 saturated carbocycles. The number of nitrogens with one attached hydrogen (secondary N) is 1. The first-order valence-corrected chi connectivity index (χ1v) is 9.11. The van der Waals surface area contributed by atoms with Gasteiger partial charge in [0.25, 0.3) is 0 Å². The van der Waals surface area contributed by atoms with Crippen molar-refractivity contribution in [2.75, 3.05) is 38.6 Å². The van der Waals surface area contributed by atoms with Gasteiger partial charge in [-0.05, 0) is 45.9 Å². The number of likely N-dealkylation sites (tertiary alicyclic amines) is 1. The lowest BCUT2D eigenvalue weighted by molar-refractivity contribution is -0.138. The van der Waals surface area contributed by atoms with E-state index in [0.29, 0.717) is 18.0 Å². The van der Waals surface area contributed by atoms with Crippen LogP contribution in [0.15, 0.2) is 24.3 Å². The Kier molecular flexibility index (Phi) is 7.41. The van der Waals surface area contributed by atoms with Crippen molar-refractivity contribution >= 4 is 17.6 Å². The van der Waals surface area contributed by atoms with Crippen LogP contribution in [0.5, 0.6) is 5.75 Å². The topological polar surface area (TPSA) is 82.1 Å². The fraction of sp³-hybridized carbons (Fsp3) is 0.579. The fourth-order valence-electron chi connectivity index (χ4n) is 3.31. The number of benzene rings is 1. The van der Waals surface area contributed by atoms with E-state index in [0.717, 1.165) is 25.9 Å². The van der Waals surface area contributed by atoms with Crippen LogP contribution in [-0.4, -0.2) is 72.2 Å². The second-order valence-corrected chi connectivity index (χ2v) is 6.67. The Labute approximate surface area is 154 Å². The molecule has 1 aromatic rings. The van der Waals surface area contributed by atoms with Crippen molar-refractivity contribution in [3.63, 3.8) is 0 Å². The maximum atomic E-state index is 12.6. The summed E-state index contributed by atoms with van der Waals surface area (Å²) >= 11 is 0. The smallest absolute Gasteiger partial charge is 0.317 e. The van der Waals surface area contributed by atoms with E-state index in [9.17, 15) is 9.59 Å². The number of para-hydroxylation sites is 2. The quantitative estimate of drug-likeness (QED) is 0.734. The number of aliphatic carboxylic acids is 1. The minimum Gasteiger partial charge on any atom is -0.492 e. The van der Waals surface area contributed by atoms with Gasteiger partial charge in [-0.1, -0.05) is 12.1 Å². The van der Waals surface area contributed by atoms with Crippen LogP contribution in [0.2, 0.25) is 0 Å². The molecular formula is C19H29N3O4. The summed E-state index contributed by atoms with van der Waals surface area (Å²) in [5, 5.41) is 11.9. The van der Waals surface area contributed by atoms with E-state index in [-0.39, 0.29) is 24.5 Å². The van der Waals surface area contributed by atoms with Crippen LogP contribution in [0.3, 0.4) is 0 Å². The minimum absolute atomic E-state index is 0.0505. The number of hydrogen-bond donors (Lipinski definition) is 2. The lowest BCUT2D eigenvalue weighted by Gasteiger charge is -2.38.